The molecule has 0 spiro atoms. The van der Waals surface area contributed by atoms with E-state index < -0.39 is 0 Å². The Labute approximate surface area is 167 Å². The molecule has 6 heteroatoms. The first kappa shape index (κ1) is 16.9. The highest BCUT2D eigenvalue weighted by atomic mass is 15.1. The van der Waals surface area contributed by atoms with Crippen LogP contribution in [-0.2, 0) is 0 Å². The van der Waals surface area contributed by atoms with Crippen molar-refractivity contribution in [2.24, 2.45) is 0 Å². The van der Waals surface area contributed by atoms with Crippen LogP contribution in [0.1, 0.15) is 5.56 Å². The summed E-state index contributed by atoms with van der Waals surface area (Å²) in [6, 6.07) is 20.0. The number of hydrogen-bond acceptors (Lipinski definition) is 5. The lowest BCUT2D eigenvalue weighted by Gasteiger charge is -2.12. The average molecular weight is 378 g/mol. The van der Waals surface area contributed by atoms with Gasteiger partial charge in [0, 0.05) is 47.3 Å². The van der Waals surface area contributed by atoms with Crippen LogP contribution >= 0.6 is 0 Å². The van der Waals surface area contributed by atoms with E-state index in [9.17, 15) is 0 Å². The first-order valence-corrected chi connectivity index (χ1v) is 9.22. The fraction of sp³-hybridized carbons (Fsp3) is 0. The molecule has 5 rings (SSSR count). The van der Waals surface area contributed by atoms with Crippen LogP contribution in [-0.4, -0.2) is 20.6 Å². The third-order valence-corrected chi connectivity index (χ3v) is 4.94. The molecule has 2 heterocycles. The SMILES string of the molecule is N=Cc1ccc(Nc2nc(-c3cccc4ccccc34)cn3ccnc23)cc1N. The maximum atomic E-state index is 7.40. The number of nitrogens with zero attached hydrogens (tertiary/aromatic N) is 3. The zero-order valence-corrected chi connectivity index (χ0v) is 15.5. The van der Waals surface area contributed by atoms with Gasteiger partial charge in [0.05, 0.1) is 5.69 Å². The number of nitrogens with one attached hydrogen (secondary N) is 2. The molecule has 5 aromatic rings. The minimum Gasteiger partial charge on any atom is -0.398 e. The molecule has 3 aromatic carbocycles. The summed E-state index contributed by atoms with van der Waals surface area (Å²) in [7, 11) is 0. The van der Waals surface area contributed by atoms with E-state index in [1.54, 1.807) is 12.3 Å². The molecule has 0 saturated heterocycles. The van der Waals surface area contributed by atoms with Gasteiger partial charge in [-0.15, -0.1) is 0 Å². The van der Waals surface area contributed by atoms with Crippen LogP contribution in [0.15, 0.2) is 79.3 Å². The Bertz CT molecular complexity index is 1360. The molecule has 4 N–H and O–H groups in total. The molecule has 0 radical (unpaired) electrons. The highest BCUT2D eigenvalue weighted by molar-refractivity contribution is 5.96. The zero-order chi connectivity index (χ0) is 19.8. The van der Waals surface area contributed by atoms with Crippen molar-refractivity contribution >= 4 is 39.8 Å². The van der Waals surface area contributed by atoms with Crippen molar-refractivity contribution in [1.82, 2.24) is 14.4 Å². The Balaban J connectivity index is 1.66. The van der Waals surface area contributed by atoms with E-state index in [0.717, 1.165) is 28.0 Å². The first-order valence-electron chi connectivity index (χ1n) is 9.22. The van der Waals surface area contributed by atoms with E-state index >= 15 is 0 Å². The number of nitrogens with two attached hydrogens (primary N) is 1. The molecule has 0 fully saturated rings. The van der Waals surface area contributed by atoms with Crippen LogP contribution in [0.4, 0.5) is 17.2 Å². The summed E-state index contributed by atoms with van der Waals surface area (Å²) in [6.07, 6.45) is 6.89. The maximum Gasteiger partial charge on any atom is 0.180 e. The molecular weight excluding hydrogens is 360 g/mol. The van der Waals surface area contributed by atoms with Crippen molar-refractivity contribution in [3.05, 3.63) is 84.8 Å². The zero-order valence-electron chi connectivity index (χ0n) is 15.5. The molecular formula is C23H18N6. The van der Waals surface area contributed by atoms with Crippen molar-refractivity contribution in [2.75, 3.05) is 11.1 Å². The predicted octanol–water partition coefficient (Wildman–Crippen LogP) is 4.87. The van der Waals surface area contributed by atoms with Gasteiger partial charge in [-0.25, -0.2) is 9.97 Å². The van der Waals surface area contributed by atoms with Crippen LogP contribution in [0.2, 0.25) is 0 Å². The number of benzene rings is 3. The van der Waals surface area contributed by atoms with Crippen molar-refractivity contribution in [1.29, 1.82) is 5.41 Å². The molecule has 29 heavy (non-hydrogen) atoms. The van der Waals surface area contributed by atoms with E-state index in [0.29, 0.717) is 17.1 Å². The Morgan fingerprint density at radius 3 is 2.76 bits per heavy atom. The number of nitrogen functional groups attached to an aromatic ring is 1. The maximum absolute atomic E-state index is 7.40. The first-order chi connectivity index (χ1) is 14.2. The minimum absolute atomic E-state index is 0.537. The number of imidazole rings is 1. The summed E-state index contributed by atoms with van der Waals surface area (Å²) < 4.78 is 1.96. The van der Waals surface area contributed by atoms with Crippen molar-refractivity contribution < 1.29 is 0 Å². The van der Waals surface area contributed by atoms with E-state index in [2.05, 4.69) is 34.6 Å². The van der Waals surface area contributed by atoms with Crippen molar-refractivity contribution in [3.8, 4) is 11.3 Å². The van der Waals surface area contributed by atoms with E-state index in [4.69, 9.17) is 16.1 Å². The van der Waals surface area contributed by atoms with Crippen LogP contribution in [0.3, 0.4) is 0 Å². The van der Waals surface area contributed by atoms with Gasteiger partial charge in [-0.2, -0.15) is 0 Å². The third-order valence-electron chi connectivity index (χ3n) is 4.94. The predicted molar refractivity (Wildman–Crippen MR) is 118 cm³/mol. The fourth-order valence-electron chi connectivity index (χ4n) is 3.51. The van der Waals surface area contributed by atoms with Gasteiger partial charge in [0.2, 0.25) is 0 Å². The Hall–Kier alpha value is -4.19. The summed E-state index contributed by atoms with van der Waals surface area (Å²) in [5.74, 6) is 0.641. The number of fused-ring (bicyclic) bond motifs is 2. The van der Waals surface area contributed by atoms with Gasteiger partial charge in [-0.1, -0.05) is 42.5 Å². The molecule has 6 nitrogen and oxygen atoms in total. The molecule has 2 aromatic heterocycles. The second kappa shape index (κ2) is 6.76. The Morgan fingerprint density at radius 2 is 1.90 bits per heavy atom. The topological polar surface area (TPSA) is 92.1 Å². The lowest BCUT2D eigenvalue weighted by atomic mass is 10.0. The molecule has 0 bridgehead atoms. The minimum atomic E-state index is 0.537. The van der Waals surface area contributed by atoms with Gasteiger partial charge in [-0.3, -0.25) is 0 Å². The number of hydrogen-bond donors (Lipinski definition) is 3. The fourth-order valence-corrected chi connectivity index (χ4v) is 3.51. The van der Waals surface area contributed by atoms with Gasteiger partial charge >= 0.3 is 0 Å². The molecule has 0 aliphatic carbocycles. The largest absolute Gasteiger partial charge is 0.398 e. The summed E-state index contributed by atoms with van der Waals surface area (Å²) in [4.78, 5) is 9.32. The molecule has 0 aliphatic rings. The molecule has 140 valence electrons. The highest BCUT2D eigenvalue weighted by Gasteiger charge is 2.12. The number of aromatic nitrogens is 3. The molecule has 0 aliphatic heterocycles. The number of anilines is 3. The van der Waals surface area contributed by atoms with Gasteiger partial charge < -0.3 is 20.9 Å². The van der Waals surface area contributed by atoms with Gasteiger partial charge in [-0.05, 0) is 29.0 Å². The lowest BCUT2D eigenvalue weighted by Crippen LogP contribution is -2.02. The highest BCUT2D eigenvalue weighted by Crippen LogP contribution is 2.30. The Kier molecular flexibility index (Phi) is 3.95. The molecule has 0 amide bonds. The Morgan fingerprint density at radius 1 is 1.03 bits per heavy atom. The van der Waals surface area contributed by atoms with Gasteiger partial charge in [0.1, 0.15) is 0 Å². The normalized spacial score (nSPS) is 11.0. The summed E-state index contributed by atoms with van der Waals surface area (Å²) >= 11 is 0. The van der Waals surface area contributed by atoms with Crippen molar-refractivity contribution in [2.45, 2.75) is 0 Å². The number of rotatable bonds is 4. The van der Waals surface area contributed by atoms with Gasteiger partial charge in [0.15, 0.2) is 11.5 Å². The van der Waals surface area contributed by atoms with Crippen molar-refractivity contribution in [3.63, 3.8) is 0 Å². The third kappa shape index (κ3) is 2.96. The van der Waals surface area contributed by atoms with Crippen LogP contribution in [0.25, 0.3) is 27.7 Å². The second-order valence-corrected chi connectivity index (χ2v) is 6.77. The van der Waals surface area contributed by atoms with E-state index in [1.807, 2.05) is 47.1 Å². The summed E-state index contributed by atoms with van der Waals surface area (Å²) in [6.45, 7) is 0. The van der Waals surface area contributed by atoms with Crippen LogP contribution in [0, 0.1) is 5.41 Å². The smallest absolute Gasteiger partial charge is 0.180 e. The average Bonchev–Trinajstić information content (AvgIpc) is 3.22. The van der Waals surface area contributed by atoms with Crippen LogP contribution in [0.5, 0.6) is 0 Å². The summed E-state index contributed by atoms with van der Waals surface area (Å²) in [5, 5.41) is 13.0. The van der Waals surface area contributed by atoms with Gasteiger partial charge in [0.25, 0.3) is 0 Å². The molecule has 0 unspecified atom stereocenters. The monoisotopic (exact) mass is 378 g/mol. The standard InChI is InChI=1S/C23H18N6/c24-13-16-8-9-17(12-20(16)25)27-22-23-26-10-11-29(23)14-21(28-22)19-7-3-5-15-4-1-2-6-18(15)19/h1-14,24H,25H2,(H,27,28). The molecule has 0 atom stereocenters. The second-order valence-electron chi connectivity index (χ2n) is 6.77. The van der Waals surface area contributed by atoms with E-state index in [1.165, 1.54) is 11.6 Å². The molecule has 0 saturated carbocycles. The van der Waals surface area contributed by atoms with E-state index in [-0.39, 0.29) is 0 Å². The summed E-state index contributed by atoms with van der Waals surface area (Å²) in [5.41, 5.74) is 10.7. The van der Waals surface area contributed by atoms with Crippen LogP contribution < -0.4 is 11.1 Å². The quantitative estimate of drug-likeness (QED) is 0.307. The lowest BCUT2D eigenvalue weighted by molar-refractivity contribution is 1.13.